The van der Waals surface area contributed by atoms with Crippen LogP contribution in [-0.2, 0) is 6.54 Å². The van der Waals surface area contributed by atoms with Gasteiger partial charge in [-0.1, -0.05) is 12.1 Å². The molecule has 4 aromatic carbocycles. The summed E-state index contributed by atoms with van der Waals surface area (Å²) >= 11 is 0. The van der Waals surface area contributed by atoms with Crippen LogP contribution < -0.4 is 20.9 Å². The first-order chi connectivity index (χ1) is 19.4. The monoisotopic (exact) mass is 542 g/mol. The van der Waals surface area contributed by atoms with Crippen molar-refractivity contribution in [2.75, 3.05) is 5.32 Å². The summed E-state index contributed by atoms with van der Waals surface area (Å²) < 4.78 is 46.8. The molecule has 1 aromatic heterocycles. The van der Waals surface area contributed by atoms with E-state index in [0.717, 1.165) is 10.2 Å². The molecule has 0 fully saturated rings. The number of nitrogens with zero attached hydrogens (tertiary/aromatic N) is 2. The van der Waals surface area contributed by atoms with E-state index in [1.807, 2.05) is 0 Å². The number of amides is 1. The number of rotatable bonds is 8. The first kappa shape index (κ1) is 26.2. The standard InChI is InChI=1S/C30H21F3N4O3/c31-21-5-1-19(2-6-21)17-34-29(38)20-3-11-24(12-4-20)36-28-27(40-26-15-9-23(33)10-16-26)18-35-37(30(28)39)25-13-7-22(32)8-14-25/h1-16,18,36H,17H2,(H,34,38). The number of halogens is 3. The fourth-order valence-corrected chi connectivity index (χ4v) is 3.76. The highest BCUT2D eigenvalue weighted by atomic mass is 19.1. The van der Waals surface area contributed by atoms with E-state index < -0.39 is 17.2 Å². The second kappa shape index (κ2) is 11.6. The number of ether oxygens (including phenoxy) is 1. The lowest BCUT2D eigenvalue weighted by Crippen LogP contribution is -2.24. The SMILES string of the molecule is O=C(NCc1ccc(F)cc1)c1ccc(Nc2c(Oc3ccc(F)cc3)cnn(-c3ccc(F)cc3)c2=O)cc1. The molecule has 0 aliphatic carbocycles. The van der Waals surface area contributed by atoms with Crippen molar-refractivity contribution < 1.29 is 22.7 Å². The zero-order chi connectivity index (χ0) is 28.1. The Morgan fingerprint density at radius 3 is 1.98 bits per heavy atom. The molecule has 0 aliphatic heterocycles. The van der Waals surface area contributed by atoms with E-state index >= 15 is 0 Å². The maximum atomic E-state index is 13.5. The molecule has 0 unspecified atom stereocenters. The number of nitrogens with one attached hydrogen (secondary N) is 2. The molecule has 5 rings (SSSR count). The van der Waals surface area contributed by atoms with Crippen molar-refractivity contribution in [2.45, 2.75) is 6.54 Å². The van der Waals surface area contributed by atoms with Crippen LogP contribution in [0.3, 0.4) is 0 Å². The van der Waals surface area contributed by atoms with E-state index in [2.05, 4.69) is 15.7 Å². The minimum absolute atomic E-state index is 0.0113. The summed E-state index contributed by atoms with van der Waals surface area (Å²) in [5.74, 6) is -1.26. The summed E-state index contributed by atoms with van der Waals surface area (Å²) in [5.41, 5.74) is 1.33. The van der Waals surface area contributed by atoms with Crippen molar-refractivity contribution in [1.29, 1.82) is 0 Å². The smallest absolute Gasteiger partial charge is 0.299 e. The fourth-order valence-electron chi connectivity index (χ4n) is 3.76. The normalized spacial score (nSPS) is 10.7. The third kappa shape index (κ3) is 6.18. The Morgan fingerprint density at radius 2 is 1.35 bits per heavy atom. The highest BCUT2D eigenvalue weighted by Crippen LogP contribution is 2.29. The molecule has 0 aliphatic rings. The summed E-state index contributed by atoms with van der Waals surface area (Å²) in [5, 5.41) is 9.93. The fraction of sp³-hybridized carbons (Fsp3) is 0.0333. The second-order valence-electron chi connectivity index (χ2n) is 8.64. The van der Waals surface area contributed by atoms with Crippen LogP contribution in [0.5, 0.6) is 11.5 Å². The largest absolute Gasteiger partial charge is 0.453 e. The van der Waals surface area contributed by atoms with Gasteiger partial charge >= 0.3 is 0 Å². The van der Waals surface area contributed by atoms with Crippen molar-refractivity contribution in [3.05, 3.63) is 142 Å². The van der Waals surface area contributed by atoms with Gasteiger partial charge in [-0.25, -0.2) is 13.2 Å². The van der Waals surface area contributed by atoms with Gasteiger partial charge in [0.1, 0.15) is 23.2 Å². The van der Waals surface area contributed by atoms with Gasteiger partial charge in [0.2, 0.25) is 0 Å². The van der Waals surface area contributed by atoms with E-state index in [4.69, 9.17) is 4.74 Å². The Kier molecular flexibility index (Phi) is 7.58. The molecule has 5 aromatic rings. The van der Waals surface area contributed by atoms with Crippen molar-refractivity contribution >= 4 is 17.3 Å². The lowest BCUT2D eigenvalue weighted by atomic mass is 10.1. The zero-order valence-electron chi connectivity index (χ0n) is 20.8. The van der Waals surface area contributed by atoms with Gasteiger partial charge in [0.25, 0.3) is 11.5 Å². The third-order valence-electron chi connectivity index (χ3n) is 5.84. The van der Waals surface area contributed by atoms with Gasteiger partial charge in [0.15, 0.2) is 11.4 Å². The number of benzene rings is 4. The first-order valence-electron chi connectivity index (χ1n) is 12.1. The average Bonchev–Trinajstić information content (AvgIpc) is 2.97. The van der Waals surface area contributed by atoms with Crippen LogP contribution in [0, 0.1) is 17.5 Å². The molecule has 1 amide bonds. The van der Waals surface area contributed by atoms with E-state index in [0.29, 0.717) is 16.9 Å². The van der Waals surface area contributed by atoms with Gasteiger partial charge in [0.05, 0.1) is 11.9 Å². The molecule has 0 saturated heterocycles. The first-order valence-corrected chi connectivity index (χ1v) is 12.1. The molecule has 7 nitrogen and oxygen atoms in total. The second-order valence-corrected chi connectivity index (χ2v) is 8.64. The van der Waals surface area contributed by atoms with E-state index in [-0.39, 0.29) is 35.5 Å². The number of carbonyl (C=O) groups is 1. The number of hydrogen-bond acceptors (Lipinski definition) is 5. The molecule has 0 atom stereocenters. The third-order valence-corrected chi connectivity index (χ3v) is 5.84. The highest BCUT2D eigenvalue weighted by Gasteiger charge is 2.16. The molecule has 0 radical (unpaired) electrons. The molecule has 200 valence electrons. The van der Waals surface area contributed by atoms with Crippen LogP contribution in [0.2, 0.25) is 0 Å². The van der Waals surface area contributed by atoms with Crippen LogP contribution in [0.4, 0.5) is 24.5 Å². The van der Waals surface area contributed by atoms with Crippen molar-refractivity contribution in [1.82, 2.24) is 15.1 Å². The predicted octanol–water partition coefficient (Wildman–Crippen LogP) is 6.12. The molecule has 40 heavy (non-hydrogen) atoms. The number of hydrogen-bond donors (Lipinski definition) is 2. The average molecular weight is 543 g/mol. The van der Waals surface area contributed by atoms with Gasteiger partial charge in [0, 0.05) is 17.8 Å². The lowest BCUT2D eigenvalue weighted by molar-refractivity contribution is 0.0951. The predicted molar refractivity (Wildman–Crippen MR) is 144 cm³/mol. The number of anilines is 2. The van der Waals surface area contributed by atoms with Crippen molar-refractivity contribution in [3.8, 4) is 17.2 Å². The van der Waals surface area contributed by atoms with Crippen LogP contribution in [-0.4, -0.2) is 15.7 Å². The molecular weight excluding hydrogens is 521 g/mol. The minimum Gasteiger partial charge on any atom is -0.453 e. The Balaban J connectivity index is 1.39. The lowest BCUT2D eigenvalue weighted by Gasteiger charge is -2.15. The van der Waals surface area contributed by atoms with Gasteiger partial charge in [-0.2, -0.15) is 9.78 Å². The molecule has 2 N–H and O–H groups in total. The maximum absolute atomic E-state index is 13.5. The zero-order valence-corrected chi connectivity index (χ0v) is 20.8. The Morgan fingerprint density at radius 1 is 0.775 bits per heavy atom. The summed E-state index contributed by atoms with van der Waals surface area (Å²) in [7, 11) is 0. The van der Waals surface area contributed by atoms with Gasteiger partial charge in [-0.15, -0.1) is 0 Å². The highest BCUT2D eigenvalue weighted by molar-refractivity contribution is 5.94. The van der Waals surface area contributed by atoms with E-state index in [1.54, 1.807) is 36.4 Å². The van der Waals surface area contributed by atoms with Crippen LogP contribution in [0.15, 0.2) is 108 Å². The summed E-state index contributed by atoms with van der Waals surface area (Å²) in [6, 6.07) is 22.7. The Bertz CT molecular complexity index is 1690. The summed E-state index contributed by atoms with van der Waals surface area (Å²) in [6.07, 6.45) is 1.31. The van der Waals surface area contributed by atoms with Crippen LogP contribution in [0.1, 0.15) is 15.9 Å². The number of aromatic nitrogens is 2. The van der Waals surface area contributed by atoms with Crippen molar-refractivity contribution in [2.24, 2.45) is 0 Å². The summed E-state index contributed by atoms with van der Waals surface area (Å²) in [6.45, 7) is 0.225. The molecule has 1 heterocycles. The molecule has 10 heteroatoms. The molecule has 0 saturated carbocycles. The Hall–Kier alpha value is -5.38. The Labute approximate surface area is 226 Å². The maximum Gasteiger partial charge on any atom is 0.299 e. The summed E-state index contributed by atoms with van der Waals surface area (Å²) in [4.78, 5) is 26.0. The quantitative estimate of drug-likeness (QED) is 0.247. The van der Waals surface area contributed by atoms with Crippen molar-refractivity contribution in [3.63, 3.8) is 0 Å². The van der Waals surface area contributed by atoms with Gasteiger partial charge in [-0.3, -0.25) is 9.59 Å². The minimum atomic E-state index is -0.590. The topological polar surface area (TPSA) is 85.2 Å². The number of carbonyl (C=O) groups excluding carboxylic acids is 1. The molecular formula is C30H21F3N4O3. The van der Waals surface area contributed by atoms with E-state index in [1.165, 1.54) is 66.9 Å². The van der Waals surface area contributed by atoms with E-state index in [9.17, 15) is 22.8 Å². The van der Waals surface area contributed by atoms with Gasteiger partial charge in [-0.05, 0) is 90.5 Å². The van der Waals surface area contributed by atoms with Gasteiger partial charge < -0.3 is 15.4 Å². The van der Waals surface area contributed by atoms with Crippen LogP contribution in [0.25, 0.3) is 5.69 Å². The molecule has 0 bridgehead atoms. The molecule has 0 spiro atoms. The van der Waals surface area contributed by atoms with Crippen LogP contribution >= 0.6 is 0 Å².